The number of carbonyl (C=O) groups excluding carboxylic acids is 1. The fraction of sp³-hybridized carbons (Fsp3) is 0.167. The molecule has 0 saturated heterocycles. The molecule has 0 fully saturated rings. The van der Waals surface area contributed by atoms with Gasteiger partial charge in [0.25, 0.3) is 0 Å². The number of rotatable bonds is 7. The molecule has 2 heterocycles. The van der Waals surface area contributed by atoms with Crippen LogP contribution in [0.4, 0.5) is 11.4 Å². The zero-order valence-electron chi connectivity index (χ0n) is 19.5. The molecule has 2 aromatic heterocycles. The number of aryl methyl sites for hydroxylation is 2. The highest BCUT2D eigenvalue weighted by molar-refractivity contribution is 5.84. The van der Waals surface area contributed by atoms with Gasteiger partial charge in [0, 0.05) is 54.2 Å². The van der Waals surface area contributed by atoms with Gasteiger partial charge in [0.2, 0.25) is 0 Å². The van der Waals surface area contributed by atoms with Crippen LogP contribution >= 0.6 is 0 Å². The van der Waals surface area contributed by atoms with E-state index in [1.54, 1.807) is 6.20 Å². The molecule has 4 heteroatoms. The van der Waals surface area contributed by atoms with Crippen molar-refractivity contribution in [1.82, 2.24) is 9.97 Å². The van der Waals surface area contributed by atoms with Gasteiger partial charge in [-0.3, -0.25) is 14.8 Å². The number of hydrogen-bond donors (Lipinski definition) is 1. The van der Waals surface area contributed by atoms with E-state index in [1.807, 2.05) is 36.5 Å². The van der Waals surface area contributed by atoms with E-state index in [2.05, 4.69) is 66.6 Å². The zero-order chi connectivity index (χ0) is 23.5. The number of anilines is 2. The number of carbonyl (C=O) groups is 1. The molecule has 0 radical (unpaired) electrons. The van der Waals surface area contributed by atoms with Crippen molar-refractivity contribution in [1.29, 1.82) is 0 Å². The molecule has 0 spiro atoms. The minimum absolute atomic E-state index is 0.215. The SMILES string of the molecule is Cc1cccc(CC(=O)Cc2ccc(C)c(Nc3cc(-c4cccnc4)nc4c3C=CC4)c2)c1. The summed E-state index contributed by atoms with van der Waals surface area (Å²) in [7, 11) is 0. The molecule has 1 aliphatic rings. The molecule has 0 aliphatic heterocycles. The molecule has 0 atom stereocenters. The first kappa shape index (κ1) is 21.8. The summed E-state index contributed by atoms with van der Waals surface area (Å²) in [5, 5.41) is 3.63. The molecule has 2 aromatic carbocycles. The maximum atomic E-state index is 12.8. The summed E-state index contributed by atoms with van der Waals surface area (Å²) >= 11 is 0. The lowest BCUT2D eigenvalue weighted by atomic mass is 10.00. The van der Waals surface area contributed by atoms with E-state index in [1.165, 1.54) is 5.56 Å². The summed E-state index contributed by atoms with van der Waals surface area (Å²) in [6, 6.07) is 20.4. The Morgan fingerprint density at radius 3 is 2.59 bits per heavy atom. The van der Waals surface area contributed by atoms with E-state index in [4.69, 9.17) is 4.98 Å². The van der Waals surface area contributed by atoms with Crippen molar-refractivity contribution in [2.45, 2.75) is 33.1 Å². The van der Waals surface area contributed by atoms with Crippen molar-refractivity contribution in [2.75, 3.05) is 5.32 Å². The monoisotopic (exact) mass is 445 g/mol. The Labute approximate surface area is 200 Å². The lowest BCUT2D eigenvalue weighted by Gasteiger charge is -2.16. The van der Waals surface area contributed by atoms with Crippen molar-refractivity contribution < 1.29 is 4.79 Å². The van der Waals surface area contributed by atoms with Crippen molar-refractivity contribution in [3.63, 3.8) is 0 Å². The quantitative estimate of drug-likeness (QED) is 0.356. The van der Waals surface area contributed by atoms with Crippen LogP contribution in [-0.4, -0.2) is 15.8 Å². The van der Waals surface area contributed by atoms with Gasteiger partial charge in [-0.2, -0.15) is 0 Å². The van der Waals surface area contributed by atoms with Crippen LogP contribution in [0.5, 0.6) is 0 Å². The Hall–Kier alpha value is -4.05. The average molecular weight is 446 g/mol. The molecule has 1 N–H and O–H groups in total. The number of aromatic nitrogens is 2. The number of benzene rings is 2. The minimum Gasteiger partial charge on any atom is -0.355 e. The number of fused-ring (bicyclic) bond motifs is 1. The molecule has 168 valence electrons. The highest BCUT2D eigenvalue weighted by Gasteiger charge is 2.16. The van der Waals surface area contributed by atoms with Crippen molar-refractivity contribution in [2.24, 2.45) is 0 Å². The van der Waals surface area contributed by atoms with Gasteiger partial charge in [-0.15, -0.1) is 0 Å². The Morgan fingerprint density at radius 2 is 1.79 bits per heavy atom. The number of pyridine rings is 2. The summed E-state index contributed by atoms with van der Waals surface area (Å²) in [6.07, 6.45) is 9.57. The Kier molecular flexibility index (Phi) is 6.05. The molecule has 1 aliphatic carbocycles. The smallest absolute Gasteiger partial charge is 0.141 e. The van der Waals surface area contributed by atoms with E-state index in [-0.39, 0.29) is 5.78 Å². The Bertz CT molecular complexity index is 1390. The van der Waals surface area contributed by atoms with Gasteiger partial charge < -0.3 is 5.32 Å². The largest absolute Gasteiger partial charge is 0.355 e. The molecule has 4 aromatic rings. The maximum Gasteiger partial charge on any atom is 0.141 e. The number of nitrogens with zero attached hydrogens (tertiary/aromatic N) is 2. The van der Waals surface area contributed by atoms with Crippen LogP contribution < -0.4 is 5.32 Å². The van der Waals surface area contributed by atoms with E-state index in [9.17, 15) is 4.79 Å². The topological polar surface area (TPSA) is 54.9 Å². The fourth-order valence-corrected chi connectivity index (χ4v) is 4.40. The van der Waals surface area contributed by atoms with Crippen LogP contribution in [0.25, 0.3) is 17.3 Å². The van der Waals surface area contributed by atoms with Gasteiger partial charge in [0.1, 0.15) is 5.78 Å². The summed E-state index contributed by atoms with van der Waals surface area (Å²) < 4.78 is 0. The first-order valence-corrected chi connectivity index (χ1v) is 11.6. The summed E-state index contributed by atoms with van der Waals surface area (Å²) in [6.45, 7) is 4.14. The zero-order valence-corrected chi connectivity index (χ0v) is 19.5. The van der Waals surface area contributed by atoms with E-state index in [0.29, 0.717) is 12.8 Å². The van der Waals surface area contributed by atoms with Crippen molar-refractivity contribution >= 4 is 23.2 Å². The molecule has 0 amide bonds. The number of nitrogens with one attached hydrogen (secondary N) is 1. The number of ketones is 1. The third-order valence-corrected chi connectivity index (χ3v) is 6.15. The van der Waals surface area contributed by atoms with Crippen molar-refractivity contribution in [3.05, 3.63) is 113 Å². The fourth-order valence-electron chi connectivity index (χ4n) is 4.40. The predicted molar refractivity (Wildman–Crippen MR) is 138 cm³/mol. The van der Waals surface area contributed by atoms with E-state index in [0.717, 1.165) is 57.0 Å². The first-order valence-electron chi connectivity index (χ1n) is 11.6. The number of hydrogen-bond acceptors (Lipinski definition) is 4. The van der Waals surface area contributed by atoms with Gasteiger partial charge in [-0.05, 0) is 54.8 Å². The standard InChI is InChI=1S/C30H27N3O/c1-20-6-3-7-22(14-20)15-25(34)16-23-12-11-21(2)28(17-23)33-30-18-29(24-8-5-13-31-19-24)32-27-10-4-9-26(27)30/h3-9,11-14,17-19H,10,15-16H2,1-2H3,(H,32,33). The molecule has 0 saturated carbocycles. The molecular formula is C30H27N3O. The third kappa shape index (κ3) is 4.81. The van der Waals surface area contributed by atoms with Gasteiger partial charge >= 0.3 is 0 Å². The van der Waals surface area contributed by atoms with Gasteiger partial charge in [-0.25, -0.2) is 0 Å². The second-order valence-electron chi connectivity index (χ2n) is 8.92. The van der Waals surface area contributed by atoms with E-state index >= 15 is 0 Å². The van der Waals surface area contributed by atoms with Crippen LogP contribution in [0.15, 0.2) is 79.1 Å². The van der Waals surface area contributed by atoms with Crippen LogP contribution in [0.1, 0.15) is 33.5 Å². The van der Waals surface area contributed by atoms with Crippen LogP contribution in [0.3, 0.4) is 0 Å². The van der Waals surface area contributed by atoms with Gasteiger partial charge in [0.15, 0.2) is 0 Å². The lowest BCUT2D eigenvalue weighted by Crippen LogP contribution is -2.07. The van der Waals surface area contributed by atoms with Gasteiger partial charge in [0.05, 0.1) is 11.4 Å². The lowest BCUT2D eigenvalue weighted by molar-refractivity contribution is -0.117. The molecule has 34 heavy (non-hydrogen) atoms. The summed E-state index contributed by atoms with van der Waals surface area (Å²) in [4.78, 5) is 21.9. The number of Topliss-reactive ketones (excluding diaryl/α,β-unsaturated/α-hetero) is 1. The Balaban J connectivity index is 1.40. The van der Waals surface area contributed by atoms with Crippen LogP contribution in [0.2, 0.25) is 0 Å². The predicted octanol–water partition coefficient (Wildman–Crippen LogP) is 6.43. The van der Waals surface area contributed by atoms with Crippen molar-refractivity contribution in [3.8, 4) is 11.3 Å². The molecule has 4 nitrogen and oxygen atoms in total. The van der Waals surface area contributed by atoms with E-state index < -0.39 is 0 Å². The van der Waals surface area contributed by atoms with Crippen LogP contribution in [-0.2, 0) is 24.1 Å². The third-order valence-electron chi connectivity index (χ3n) is 6.15. The highest BCUT2D eigenvalue weighted by Crippen LogP contribution is 2.33. The molecule has 0 bridgehead atoms. The molecular weight excluding hydrogens is 418 g/mol. The number of allylic oxidation sites excluding steroid dienone is 1. The first-order chi connectivity index (χ1) is 16.5. The second-order valence-corrected chi connectivity index (χ2v) is 8.92. The average Bonchev–Trinajstić information content (AvgIpc) is 3.31. The summed E-state index contributed by atoms with van der Waals surface area (Å²) in [5.41, 5.74) is 10.5. The minimum atomic E-state index is 0.215. The normalized spacial score (nSPS) is 11.9. The van der Waals surface area contributed by atoms with Crippen LogP contribution in [0, 0.1) is 13.8 Å². The molecule has 5 rings (SSSR count). The maximum absolute atomic E-state index is 12.8. The molecule has 0 unspecified atom stereocenters. The summed E-state index contributed by atoms with van der Waals surface area (Å²) in [5.74, 6) is 0.215. The highest BCUT2D eigenvalue weighted by atomic mass is 16.1. The Morgan fingerprint density at radius 1 is 0.941 bits per heavy atom. The second kappa shape index (κ2) is 9.44. The van der Waals surface area contributed by atoms with Gasteiger partial charge in [-0.1, -0.05) is 54.1 Å².